The molecule has 3 N–H and O–H groups in total. The van der Waals surface area contributed by atoms with Gasteiger partial charge in [0.2, 0.25) is 0 Å². The van der Waals surface area contributed by atoms with Crippen LogP contribution < -0.4 is 14.8 Å². The first-order chi connectivity index (χ1) is 18.8. The Kier molecular flexibility index (Phi) is 9.05. The number of halogens is 3. The summed E-state index contributed by atoms with van der Waals surface area (Å²) in [6, 6.07) is 18.4. The summed E-state index contributed by atoms with van der Waals surface area (Å²) in [4.78, 5) is 13.0. The van der Waals surface area contributed by atoms with Gasteiger partial charge in [-0.1, -0.05) is 29.4 Å². The highest BCUT2D eigenvalue weighted by Crippen LogP contribution is 2.29. The lowest BCUT2D eigenvalue weighted by Gasteiger charge is -2.13. The molecule has 0 spiro atoms. The van der Waals surface area contributed by atoms with Crippen molar-refractivity contribution in [2.24, 2.45) is 0 Å². The van der Waals surface area contributed by atoms with Gasteiger partial charge in [-0.05, 0) is 85.3 Å². The summed E-state index contributed by atoms with van der Waals surface area (Å²) in [6.45, 7) is 1.59. The molecule has 0 saturated heterocycles. The molecule has 1 heterocycles. The molecular formula is C25H20ClF2N3O5S4. The summed E-state index contributed by atoms with van der Waals surface area (Å²) in [7, 11) is -7.91. The average Bonchev–Trinajstić information content (AvgIpc) is 3.33. The van der Waals surface area contributed by atoms with Crippen molar-refractivity contribution < 1.29 is 30.4 Å². The molecule has 210 valence electrons. The number of thioether (sulfide) groups is 1. The minimum Gasteiger partial charge on any atom is -0.322 e. The topological polar surface area (TPSA) is 121 Å². The second-order valence-corrected chi connectivity index (χ2v) is 14.5. The third-order valence-corrected chi connectivity index (χ3v) is 10.6. The number of thiophene rings is 1. The molecule has 0 aliphatic carbocycles. The van der Waals surface area contributed by atoms with Crippen molar-refractivity contribution in [3.05, 3.63) is 94.3 Å². The predicted molar refractivity (Wildman–Crippen MR) is 155 cm³/mol. The summed E-state index contributed by atoms with van der Waals surface area (Å²) in [5.41, 5.74) is 1.24. The van der Waals surface area contributed by atoms with Crippen LogP contribution in [0.2, 0.25) is 4.34 Å². The van der Waals surface area contributed by atoms with Crippen LogP contribution in [-0.4, -0.2) is 28.5 Å². The second-order valence-electron chi connectivity index (χ2n) is 8.18. The number of amides is 1. The lowest BCUT2D eigenvalue weighted by atomic mass is 10.2. The molecular weight excluding hydrogens is 624 g/mol. The number of hydrogen-bond acceptors (Lipinski definition) is 7. The van der Waals surface area contributed by atoms with E-state index in [-0.39, 0.29) is 36.6 Å². The molecule has 4 rings (SSSR count). The van der Waals surface area contributed by atoms with Gasteiger partial charge in [-0.3, -0.25) is 14.2 Å². The van der Waals surface area contributed by atoms with Crippen LogP contribution in [0.3, 0.4) is 0 Å². The first-order valence-corrected chi connectivity index (χ1v) is 16.2. The zero-order valence-electron chi connectivity index (χ0n) is 20.4. The Balaban J connectivity index is 1.45. The van der Waals surface area contributed by atoms with Gasteiger partial charge in [0.25, 0.3) is 31.7 Å². The summed E-state index contributed by atoms with van der Waals surface area (Å²) in [6.07, 6.45) is 0. The van der Waals surface area contributed by atoms with Crippen molar-refractivity contribution in [2.45, 2.75) is 26.7 Å². The second kappa shape index (κ2) is 12.1. The highest BCUT2D eigenvalue weighted by molar-refractivity contribution is 7.99. The fraction of sp³-hybridized carbons (Fsp3) is 0.0800. The van der Waals surface area contributed by atoms with Crippen LogP contribution in [-0.2, 0) is 20.0 Å². The molecule has 0 atom stereocenters. The monoisotopic (exact) mass is 643 g/mol. The van der Waals surface area contributed by atoms with Crippen LogP contribution in [0.5, 0.6) is 0 Å². The highest BCUT2D eigenvalue weighted by Gasteiger charge is 2.20. The van der Waals surface area contributed by atoms with Crippen molar-refractivity contribution in [1.29, 1.82) is 0 Å². The number of aryl methyl sites for hydroxylation is 1. The molecule has 15 heteroatoms. The fourth-order valence-electron chi connectivity index (χ4n) is 3.42. The Bertz CT molecular complexity index is 1750. The molecule has 0 fully saturated rings. The van der Waals surface area contributed by atoms with Gasteiger partial charge < -0.3 is 5.32 Å². The fourth-order valence-corrected chi connectivity index (χ4v) is 7.79. The van der Waals surface area contributed by atoms with Gasteiger partial charge in [0.1, 0.15) is 4.21 Å². The minimum absolute atomic E-state index is 0.0432. The molecule has 0 radical (unpaired) electrons. The summed E-state index contributed by atoms with van der Waals surface area (Å²) in [5.74, 6) is -3.14. The van der Waals surface area contributed by atoms with Crippen LogP contribution in [0.25, 0.3) is 0 Å². The summed E-state index contributed by atoms with van der Waals surface area (Å²) >= 11 is 7.07. The van der Waals surface area contributed by atoms with Crippen molar-refractivity contribution in [3.8, 4) is 0 Å². The molecule has 1 amide bonds. The number of carbonyl (C=O) groups excluding carboxylic acids is 1. The lowest BCUT2D eigenvalue weighted by molar-refractivity contribution is 0.102. The minimum atomic E-state index is -4.08. The first kappa shape index (κ1) is 29.8. The van der Waals surface area contributed by atoms with Crippen LogP contribution in [0.15, 0.2) is 92.9 Å². The number of hydrogen-bond donors (Lipinski definition) is 3. The molecule has 8 nitrogen and oxygen atoms in total. The molecule has 4 aromatic rings. The van der Waals surface area contributed by atoms with Gasteiger partial charge in [-0.15, -0.1) is 11.3 Å². The third kappa shape index (κ3) is 7.52. The number of rotatable bonds is 10. The van der Waals surface area contributed by atoms with E-state index in [0.717, 1.165) is 11.3 Å². The maximum absolute atomic E-state index is 13.0. The van der Waals surface area contributed by atoms with Crippen LogP contribution >= 0.6 is 34.7 Å². The number of carbonyl (C=O) groups is 1. The van der Waals surface area contributed by atoms with E-state index in [0.29, 0.717) is 21.7 Å². The molecule has 0 aliphatic rings. The average molecular weight is 644 g/mol. The van der Waals surface area contributed by atoms with E-state index in [2.05, 4.69) is 14.8 Å². The lowest BCUT2D eigenvalue weighted by Crippen LogP contribution is -2.16. The molecule has 0 saturated carbocycles. The Labute approximate surface area is 242 Å². The number of sulfonamides is 2. The van der Waals surface area contributed by atoms with Gasteiger partial charge in [-0.25, -0.2) is 16.8 Å². The SMILES string of the molecule is Cc1ccc(NC(=O)c2ccc(NS(=O)(=O)c3ccc(Cl)s3)cc2)cc1S(=O)(=O)Nc1ccc(SC(F)F)cc1. The number of alkyl halides is 2. The van der Waals surface area contributed by atoms with Gasteiger partial charge >= 0.3 is 0 Å². The van der Waals surface area contributed by atoms with E-state index in [1.807, 2.05) is 0 Å². The number of benzene rings is 3. The van der Waals surface area contributed by atoms with Gasteiger partial charge in [0.05, 0.1) is 9.23 Å². The maximum atomic E-state index is 13.0. The number of nitrogens with one attached hydrogen (secondary N) is 3. The Morgan fingerprint density at radius 3 is 1.98 bits per heavy atom. The van der Waals surface area contributed by atoms with E-state index in [1.54, 1.807) is 6.92 Å². The number of anilines is 3. The molecule has 40 heavy (non-hydrogen) atoms. The van der Waals surface area contributed by atoms with E-state index < -0.39 is 31.7 Å². The van der Waals surface area contributed by atoms with E-state index in [4.69, 9.17) is 11.6 Å². The van der Waals surface area contributed by atoms with Crippen molar-refractivity contribution in [3.63, 3.8) is 0 Å². The Morgan fingerprint density at radius 2 is 1.40 bits per heavy atom. The maximum Gasteiger partial charge on any atom is 0.288 e. The normalized spacial score (nSPS) is 11.8. The molecule has 1 aromatic heterocycles. The van der Waals surface area contributed by atoms with E-state index in [1.165, 1.54) is 78.9 Å². The quantitative estimate of drug-likeness (QED) is 0.162. The Morgan fingerprint density at radius 1 is 0.825 bits per heavy atom. The van der Waals surface area contributed by atoms with Crippen molar-refractivity contribution >= 4 is 77.7 Å². The molecule has 0 unspecified atom stereocenters. The van der Waals surface area contributed by atoms with Gasteiger partial charge in [0, 0.05) is 27.5 Å². The molecule has 0 bridgehead atoms. The van der Waals surface area contributed by atoms with Gasteiger partial charge in [0.15, 0.2) is 0 Å². The summed E-state index contributed by atoms with van der Waals surface area (Å²) < 4.78 is 81.2. The largest absolute Gasteiger partial charge is 0.322 e. The Hall–Kier alpha value is -3.17. The molecule has 0 aliphatic heterocycles. The van der Waals surface area contributed by atoms with Crippen LogP contribution in [0.4, 0.5) is 25.8 Å². The first-order valence-electron chi connectivity index (χ1n) is 11.2. The highest BCUT2D eigenvalue weighted by atomic mass is 35.5. The standard InChI is InChI=1S/C25H20ClF2N3O5S4/c1-15-2-5-19(14-21(15)39(33,34)30-18-8-10-20(11-9-18)37-25(27)28)29-24(32)16-3-6-17(7-4-16)31-40(35,36)23-13-12-22(26)38-23/h2-14,25,30-31H,1H3,(H,29,32). The van der Waals surface area contributed by atoms with Crippen molar-refractivity contribution in [1.82, 2.24) is 0 Å². The zero-order chi connectivity index (χ0) is 29.1. The zero-order valence-corrected chi connectivity index (χ0v) is 24.4. The van der Waals surface area contributed by atoms with E-state index in [9.17, 15) is 30.4 Å². The molecule has 3 aromatic carbocycles. The predicted octanol–water partition coefficient (Wildman–Crippen LogP) is 6.88. The van der Waals surface area contributed by atoms with Gasteiger partial charge in [-0.2, -0.15) is 8.78 Å². The van der Waals surface area contributed by atoms with E-state index >= 15 is 0 Å². The van der Waals surface area contributed by atoms with Crippen molar-refractivity contribution in [2.75, 3.05) is 14.8 Å². The smallest absolute Gasteiger partial charge is 0.288 e. The van der Waals surface area contributed by atoms with Crippen LogP contribution in [0.1, 0.15) is 15.9 Å². The third-order valence-electron chi connectivity index (χ3n) is 5.28. The van der Waals surface area contributed by atoms with Crippen LogP contribution in [0, 0.1) is 6.92 Å². The summed E-state index contributed by atoms with van der Waals surface area (Å²) in [5, 5.41) is 2.63.